The first-order valence-electron chi connectivity index (χ1n) is 15.5. The molecule has 13 heteroatoms. The number of carbonyl (C=O) groups is 1. The maximum Gasteiger partial charge on any atom is 0.285 e. The molecule has 0 aromatic heterocycles. The lowest BCUT2D eigenvalue weighted by molar-refractivity contribution is -0.321. The van der Waals surface area contributed by atoms with Crippen LogP contribution in [-0.4, -0.2) is 86.3 Å². The SMILES string of the molecule is CNC(=O)/C(=C\[C@H](O)[C@H](CO)N=[N+]=[N-])OC[C@H]1O[C@H](OC)[C@H](OCc2ccccc2)[C@@H](OCc2ccccc2)[C@@H]1OCc1ccccc1. The van der Waals surface area contributed by atoms with E-state index in [1.165, 1.54) is 14.2 Å². The standard InChI is InChI=1S/C35H42N4O9/c1-37-34(42)29(18-28(41)27(19-40)38-39-36)44-23-30-31(45-20-24-12-6-3-7-13-24)32(46-21-25-14-8-4-9-15-25)33(35(43-2)48-30)47-22-26-16-10-5-11-17-26/h3-18,27-28,30-33,35,40-41H,19-23H2,1-2H3,(H,37,42)/b29-18+/t27-,28-,30+,31+,32-,33+,35-/m0/s1. The van der Waals surface area contributed by atoms with Crippen LogP contribution in [0.25, 0.3) is 10.4 Å². The van der Waals surface area contributed by atoms with E-state index in [2.05, 4.69) is 15.3 Å². The van der Waals surface area contributed by atoms with Crippen LogP contribution in [-0.2, 0) is 53.0 Å². The van der Waals surface area contributed by atoms with Gasteiger partial charge in [0.25, 0.3) is 5.91 Å². The molecule has 13 nitrogen and oxygen atoms in total. The average Bonchev–Trinajstić information content (AvgIpc) is 3.13. The summed E-state index contributed by atoms with van der Waals surface area (Å²) in [6, 6.07) is 27.7. The number of aliphatic hydroxyl groups is 2. The van der Waals surface area contributed by atoms with Crippen LogP contribution in [0.5, 0.6) is 0 Å². The first-order chi connectivity index (χ1) is 23.5. The predicted octanol–water partition coefficient (Wildman–Crippen LogP) is 3.79. The maximum absolute atomic E-state index is 12.8. The molecule has 256 valence electrons. The van der Waals surface area contributed by atoms with E-state index in [-0.39, 0.29) is 32.2 Å². The first kappa shape index (κ1) is 36.5. The summed E-state index contributed by atoms with van der Waals surface area (Å²) in [6.45, 7) is -0.174. The summed E-state index contributed by atoms with van der Waals surface area (Å²) in [5.74, 6) is -0.936. The molecule has 3 aromatic carbocycles. The number of rotatable bonds is 18. The highest BCUT2D eigenvalue weighted by Gasteiger charge is 2.49. The minimum atomic E-state index is -1.51. The number of likely N-dealkylation sites (N-methyl/N-ethyl adjacent to an activating group) is 1. The Kier molecular flexibility index (Phi) is 14.8. The van der Waals surface area contributed by atoms with Crippen LogP contribution in [0.4, 0.5) is 0 Å². The molecule has 0 spiro atoms. The molecule has 48 heavy (non-hydrogen) atoms. The molecule has 1 heterocycles. The van der Waals surface area contributed by atoms with Gasteiger partial charge in [-0.3, -0.25) is 4.79 Å². The van der Waals surface area contributed by atoms with Gasteiger partial charge in [0, 0.05) is 19.1 Å². The molecule has 0 saturated carbocycles. The number of nitrogens with zero attached hydrogens (tertiary/aromatic N) is 3. The predicted molar refractivity (Wildman–Crippen MR) is 175 cm³/mol. The molecular weight excluding hydrogens is 620 g/mol. The molecule has 7 atom stereocenters. The summed E-state index contributed by atoms with van der Waals surface area (Å²) in [7, 11) is 2.90. The van der Waals surface area contributed by atoms with Crippen molar-refractivity contribution in [3.8, 4) is 0 Å². The second kappa shape index (κ2) is 19.5. The van der Waals surface area contributed by atoms with Gasteiger partial charge < -0.3 is 44.0 Å². The van der Waals surface area contributed by atoms with Gasteiger partial charge in [0.05, 0.1) is 38.6 Å². The molecule has 1 amide bonds. The lowest BCUT2D eigenvalue weighted by atomic mass is 9.97. The minimum Gasteiger partial charge on any atom is -0.485 e. The Bertz CT molecular complexity index is 1460. The van der Waals surface area contributed by atoms with Crippen molar-refractivity contribution in [1.82, 2.24) is 5.32 Å². The first-order valence-corrected chi connectivity index (χ1v) is 15.5. The third kappa shape index (κ3) is 10.6. The smallest absolute Gasteiger partial charge is 0.285 e. The van der Waals surface area contributed by atoms with E-state index in [9.17, 15) is 15.0 Å². The van der Waals surface area contributed by atoms with Crippen molar-refractivity contribution in [2.75, 3.05) is 27.4 Å². The highest BCUT2D eigenvalue weighted by atomic mass is 16.7. The molecule has 1 fully saturated rings. The van der Waals surface area contributed by atoms with Gasteiger partial charge in [-0.2, -0.15) is 0 Å². The molecule has 1 saturated heterocycles. The van der Waals surface area contributed by atoms with Gasteiger partial charge in [-0.15, -0.1) is 0 Å². The molecule has 0 bridgehead atoms. The Labute approximate surface area is 279 Å². The third-order valence-electron chi connectivity index (χ3n) is 7.64. The number of aliphatic hydroxyl groups excluding tert-OH is 2. The topological polar surface area (TPSA) is 174 Å². The van der Waals surface area contributed by atoms with Crippen molar-refractivity contribution >= 4 is 5.91 Å². The fourth-order valence-electron chi connectivity index (χ4n) is 5.10. The average molecular weight is 663 g/mol. The van der Waals surface area contributed by atoms with E-state index >= 15 is 0 Å². The molecule has 3 N–H and O–H groups in total. The molecule has 1 aliphatic rings. The van der Waals surface area contributed by atoms with Gasteiger partial charge >= 0.3 is 0 Å². The van der Waals surface area contributed by atoms with Gasteiger partial charge in [-0.25, -0.2) is 0 Å². The fourth-order valence-corrected chi connectivity index (χ4v) is 5.10. The number of azide groups is 1. The van der Waals surface area contributed by atoms with E-state index in [0.717, 1.165) is 22.8 Å². The maximum atomic E-state index is 12.8. The molecular formula is C35H42N4O9. The second-order valence-electron chi connectivity index (χ2n) is 10.9. The van der Waals surface area contributed by atoms with Crippen molar-refractivity contribution in [1.29, 1.82) is 0 Å². The fraction of sp³-hybridized carbons (Fsp3) is 0.400. The van der Waals surface area contributed by atoms with Crippen molar-refractivity contribution in [2.45, 2.75) is 62.7 Å². The van der Waals surface area contributed by atoms with Crippen molar-refractivity contribution in [2.24, 2.45) is 5.11 Å². The van der Waals surface area contributed by atoms with Crippen LogP contribution in [0.3, 0.4) is 0 Å². The lowest BCUT2D eigenvalue weighted by Gasteiger charge is -2.45. The van der Waals surface area contributed by atoms with Gasteiger partial charge in [-0.1, -0.05) is 96.1 Å². The minimum absolute atomic E-state index is 0.209. The molecule has 1 aliphatic heterocycles. The number of methoxy groups -OCH3 is 1. The molecule has 3 aromatic rings. The van der Waals surface area contributed by atoms with Gasteiger partial charge in [0.2, 0.25) is 0 Å². The number of ether oxygens (including phenoxy) is 6. The van der Waals surface area contributed by atoms with Crippen LogP contribution in [0.1, 0.15) is 16.7 Å². The van der Waals surface area contributed by atoms with Crippen molar-refractivity contribution in [3.63, 3.8) is 0 Å². The highest BCUT2D eigenvalue weighted by molar-refractivity contribution is 5.91. The summed E-state index contributed by atoms with van der Waals surface area (Å²) in [6.07, 6.45) is -4.47. The summed E-state index contributed by atoms with van der Waals surface area (Å²) < 4.78 is 37.6. The van der Waals surface area contributed by atoms with Gasteiger partial charge in [0.15, 0.2) is 12.0 Å². The Morgan fingerprint density at radius 2 is 1.40 bits per heavy atom. The zero-order valence-electron chi connectivity index (χ0n) is 26.9. The number of amides is 1. The van der Waals surface area contributed by atoms with E-state index < -0.39 is 55.4 Å². The van der Waals surface area contributed by atoms with Gasteiger partial charge in [-0.05, 0) is 28.3 Å². The molecule has 0 radical (unpaired) electrons. The van der Waals surface area contributed by atoms with Crippen molar-refractivity contribution in [3.05, 3.63) is 130 Å². The van der Waals surface area contributed by atoms with Crippen LogP contribution in [0, 0.1) is 0 Å². The largest absolute Gasteiger partial charge is 0.485 e. The monoisotopic (exact) mass is 662 g/mol. The molecule has 0 aliphatic carbocycles. The Morgan fingerprint density at radius 3 is 1.85 bits per heavy atom. The summed E-state index contributed by atoms with van der Waals surface area (Å²) in [4.78, 5) is 15.4. The van der Waals surface area contributed by atoms with E-state index in [0.29, 0.717) is 0 Å². The van der Waals surface area contributed by atoms with Crippen LogP contribution in [0.2, 0.25) is 0 Å². The van der Waals surface area contributed by atoms with E-state index in [1.54, 1.807) is 0 Å². The normalized spacial score (nSPS) is 22.2. The summed E-state index contributed by atoms with van der Waals surface area (Å²) in [5, 5.41) is 26.0. The molecule has 4 rings (SSSR count). The van der Waals surface area contributed by atoms with Crippen molar-refractivity contribution < 1.29 is 43.4 Å². The number of hydrogen-bond donors (Lipinski definition) is 3. The number of hydrogen-bond acceptors (Lipinski definition) is 10. The Balaban J connectivity index is 1.65. The number of carbonyl (C=O) groups excluding carboxylic acids is 1. The van der Waals surface area contributed by atoms with Gasteiger partial charge in [0.1, 0.15) is 31.0 Å². The van der Waals surface area contributed by atoms with E-state index in [4.69, 9.17) is 34.0 Å². The highest BCUT2D eigenvalue weighted by Crippen LogP contribution is 2.31. The van der Waals surface area contributed by atoms with Crippen LogP contribution < -0.4 is 5.32 Å². The number of nitrogens with one attached hydrogen (secondary N) is 1. The Morgan fingerprint density at radius 1 is 0.896 bits per heavy atom. The quantitative estimate of drug-likeness (QED) is 0.0602. The third-order valence-corrected chi connectivity index (χ3v) is 7.64. The summed E-state index contributed by atoms with van der Waals surface area (Å²) >= 11 is 0. The zero-order valence-corrected chi connectivity index (χ0v) is 26.9. The van der Waals surface area contributed by atoms with Crippen LogP contribution in [0.15, 0.2) is 108 Å². The lowest BCUT2D eigenvalue weighted by Crippen LogP contribution is -2.61. The number of benzene rings is 3. The van der Waals surface area contributed by atoms with E-state index in [1.807, 2.05) is 91.0 Å². The Hall–Kier alpha value is -4.30. The zero-order chi connectivity index (χ0) is 34.1. The molecule has 0 unspecified atom stereocenters. The summed E-state index contributed by atoms with van der Waals surface area (Å²) in [5.41, 5.74) is 11.6. The second-order valence-corrected chi connectivity index (χ2v) is 10.9. The van der Waals surface area contributed by atoms with Crippen LogP contribution >= 0.6 is 0 Å².